The van der Waals surface area contributed by atoms with Crippen molar-refractivity contribution in [3.05, 3.63) is 70.2 Å². The van der Waals surface area contributed by atoms with Crippen LogP contribution in [0.2, 0.25) is 0 Å². The molecule has 5 nitrogen and oxygen atoms in total. The molecule has 1 atom stereocenters. The molecular formula is C22H23N5S2. The zero-order chi connectivity index (χ0) is 19.8. The van der Waals surface area contributed by atoms with E-state index >= 15 is 0 Å². The van der Waals surface area contributed by atoms with Crippen LogP contribution in [-0.2, 0) is 6.67 Å². The van der Waals surface area contributed by atoms with Crippen molar-refractivity contribution < 1.29 is 0 Å². The quantitative estimate of drug-likeness (QED) is 0.427. The molecule has 0 N–H and O–H groups in total. The highest BCUT2D eigenvalue weighted by Gasteiger charge is 2.24. The number of nitrogens with zero attached hydrogens (tertiary/aromatic N) is 5. The Kier molecular flexibility index (Phi) is 5.03. The Hall–Kier alpha value is -2.35. The van der Waals surface area contributed by atoms with Crippen molar-refractivity contribution in [3.63, 3.8) is 0 Å². The summed E-state index contributed by atoms with van der Waals surface area (Å²) in [6, 6.07) is 16.7. The summed E-state index contributed by atoms with van der Waals surface area (Å²) in [5.74, 6) is 0.480. The molecule has 4 aromatic rings. The average Bonchev–Trinajstić information content (AvgIpc) is 3.33. The van der Waals surface area contributed by atoms with Crippen LogP contribution in [0.25, 0.3) is 15.9 Å². The average molecular weight is 422 g/mol. The minimum atomic E-state index is 0.480. The molecule has 1 fully saturated rings. The number of aryl methyl sites for hydroxylation is 1. The lowest BCUT2D eigenvalue weighted by atomic mass is 9.99. The molecule has 2 aromatic heterocycles. The fourth-order valence-corrected chi connectivity index (χ4v) is 5.42. The van der Waals surface area contributed by atoms with Crippen LogP contribution in [0.1, 0.15) is 29.3 Å². The second-order valence-electron chi connectivity index (χ2n) is 7.65. The lowest BCUT2D eigenvalue weighted by molar-refractivity contribution is 0.156. The SMILES string of the molecule is Cc1ccccc1-n1cnn(CN2CCC[C@@H](c3nc4ccccc4s3)C2)c1=S. The number of benzene rings is 2. The zero-order valence-corrected chi connectivity index (χ0v) is 18.0. The molecule has 7 heteroatoms. The second-order valence-corrected chi connectivity index (χ2v) is 9.07. The first kappa shape index (κ1) is 18.7. The van der Waals surface area contributed by atoms with Gasteiger partial charge in [-0.2, -0.15) is 5.10 Å². The summed E-state index contributed by atoms with van der Waals surface area (Å²) >= 11 is 7.56. The third-order valence-electron chi connectivity index (χ3n) is 5.61. The maximum absolute atomic E-state index is 5.73. The molecule has 2 aromatic carbocycles. The fourth-order valence-electron chi connectivity index (χ4n) is 4.07. The maximum atomic E-state index is 5.73. The molecule has 1 aliphatic rings. The van der Waals surface area contributed by atoms with Crippen molar-refractivity contribution >= 4 is 33.8 Å². The molecular weight excluding hydrogens is 398 g/mol. The Bertz CT molecular complexity index is 1170. The van der Waals surface area contributed by atoms with E-state index in [0.717, 1.165) is 35.7 Å². The number of aromatic nitrogens is 4. The Labute approximate surface area is 179 Å². The molecule has 5 rings (SSSR count). The summed E-state index contributed by atoms with van der Waals surface area (Å²) in [7, 11) is 0. The number of rotatable bonds is 4. The van der Waals surface area contributed by atoms with Gasteiger partial charge in [-0.15, -0.1) is 11.3 Å². The molecule has 148 valence electrons. The first-order valence-electron chi connectivity index (χ1n) is 9.97. The van der Waals surface area contributed by atoms with Crippen molar-refractivity contribution in [3.8, 4) is 5.69 Å². The van der Waals surface area contributed by atoms with Gasteiger partial charge in [0.05, 0.1) is 27.6 Å². The standard InChI is InChI=1S/C22H23N5S2/c1-16-7-2-4-10-19(16)26-14-23-27(22(26)28)15-25-12-6-8-17(13-25)21-24-18-9-3-5-11-20(18)29-21/h2-5,7,9-11,14,17H,6,8,12-13,15H2,1H3/t17-/m1/s1. The van der Waals surface area contributed by atoms with Crippen LogP contribution in [0.15, 0.2) is 54.9 Å². The van der Waals surface area contributed by atoms with E-state index in [4.69, 9.17) is 17.2 Å². The number of hydrogen-bond acceptors (Lipinski definition) is 5. The van der Waals surface area contributed by atoms with Crippen LogP contribution in [0, 0.1) is 11.7 Å². The van der Waals surface area contributed by atoms with Crippen LogP contribution in [0.4, 0.5) is 0 Å². The fraction of sp³-hybridized carbons (Fsp3) is 0.318. The number of thiazole rings is 1. The van der Waals surface area contributed by atoms with Gasteiger partial charge in [-0.25, -0.2) is 9.67 Å². The van der Waals surface area contributed by atoms with Gasteiger partial charge in [0.25, 0.3) is 0 Å². The van der Waals surface area contributed by atoms with E-state index in [-0.39, 0.29) is 0 Å². The van der Waals surface area contributed by atoms with E-state index in [1.807, 2.05) is 39.0 Å². The smallest absolute Gasteiger partial charge is 0.203 e. The Balaban J connectivity index is 1.35. The Morgan fingerprint density at radius 1 is 1.14 bits per heavy atom. The summed E-state index contributed by atoms with van der Waals surface area (Å²) in [5, 5.41) is 5.84. The molecule has 0 spiro atoms. The highest BCUT2D eigenvalue weighted by Crippen LogP contribution is 2.33. The minimum Gasteiger partial charge on any atom is -0.284 e. The second kappa shape index (κ2) is 7.82. The van der Waals surface area contributed by atoms with Gasteiger partial charge >= 0.3 is 0 Å². The number of fused-ring (bicyclic) bond motifs is 1. The molecule has 3 heterocycles. The predicted molar refractivity (Wildman–Crippen MR) is 120 cm³/mol. The number of hydrogen-bond donors (Lipinski definition) is 0. The zero-order valence-electron chi connectivity index (χ0n) is 16.4. The van der Waals surface area contributed by atoms with Gasteiger partial charge in [0.1, 0.15) is 6.33 Å². The van der Waals surface area contributed by atoms with Gasteiger partial charge in [-0.3, -0.25) is 9.47 Å². The van der Waals surface area contributed by atoms with Gasteiger partial charge in [-0.05, 0) is 62.3 Å². The van der Waals surface area contributed by atoms with Crippen molar-refractivity contribution in [2.75, 3.05) is 13.1 Å². The van der Waals surface area contributed by atoms with E-state index in [2.05, 4.69) is 53.3 Å². The van der Waals surface area contributed by atoms with Crippen molar-refractivity contribution in [2.24, 2.45) is 0 Å². The molecule has 0 bridgehead atoms. The van der Waals surface area contributed by atoms with E-state index in [1.165, 1.54) is 28.1 Å². The summed E-state index contributed by atoms with van der Waals surface area (Å²) in [4.78, 5) is 7.34. The first-order valence-corrected chi connectivity index (χ1v) is 11.2. The van der Waals surface area contributed by atoms with E-state index in [9.17, 15) is 0 Å². The molecule has 0 unspecified atom stereocenters. The van der Waals surface area contributed by atoms with Gasteiger partial charge in [0, 0.05) is 12.5 Å². The van der Waals surface area contributed by atoms with Crippen molar-refractivity contribution in [1.82, 2.24) is 24.2 Å². The van der Waals surface area contributed by atoms with Gasteiger partial charge in [0.15, 0.2) is 0 Å². The highest BCUT2D eigenvalue weighted by atomic mass is 32.1. The number of likely N-dealkylation sites (tertiary alicyclic amines) is 1. The normalized spacial score (nSPS) is 17.8. The van der Waals surface area contributed by atoms with Crippen LogP contribution in [-0.4, -0.2) is 37.3 Å². The Morgan fingerprint density at radius 2 is 1.97 bits per heavy atom. The van der Waals surface area contributed by atoms with E-state index < -0.39 is 0 Å². The maximum Gasteiger partial charge on any atom is 0.203 e. The lowest BCUT2D eigenvalue weighted by Crippen LogP contribution is -2.36. The van der Waals surface area contributed by atoms with Crippen LogP contribution in [0.3, 0.4) is 0 Å². The van der Waals surface area contributed by atoms with Gasteiger partial charge in [0.2, 0.25) is 4.77 Å². The molecule has 29 heavy (non-hydrogen) atoms. The third kappa shape index (κ3) is 3.66. The molecule has 1 aliphatic heterocycles. The molecule has 0 aliphatic carbocycles. The van der Waals surface area contributed by atoms with Gasteiger partial charge in [-0.1, -0.05) is 30.3 Å². The van der Waals surface area contributed by atoms with E-state index in [0.29, 0.717) is 5.92 Å². The molecule has 0 amide bonds. The van der Waals surface area contributed by atoms with Crippen LogP contribution < -0.4 is 0 Å². The monoisotopic (exact) mass is 421 g/mol. The summed E-state index contributed by atoms with van der Waals surface area (Å²) < 4.78 is 5.95. The molecule has 0 radical (unpaired) electrons. The number of para-hydroxylation sites is 2. The predicted octanol–water partition coefficient (Wildman–Crippen LogP) is 5.16. The third-order valence-corrected chi connectivity index (χ3v) is 7.21. The van der Waals surface area contributed by atoms with Crippen LogP contribution in [0.5, 0.6) is 0 Å². The summed E-state index contributed by atoms with van der Waals surface area (Å²) in [5.41, 5.74) is 3.40. The van der Waals surface area contributed by atoms with Gasteiger partial charge < -0.3 is 0 Å². The lowest BCUT2D eigenvalue weighted by Gasteiger charge is -2.31. The molecule has 0 saturated carbocycles. The first-order chi connectivity index (χ1) is 14.2. The largest absolute Gasteiger partial charge is 0.284 e. The summed E-state index contributed by atoms with van der Waals surface area (Å²) in [6.07, 6.45) is 4.20. The van der Waals surface area contributed by atoms with E-state index in [1.54, 1.807) is 0 Å². The highest BCUT2D eigenvalue weighted by molar-refractivity contribution is 7.71. The number of piperidine rings is 1. The Morgan fingerprint density at radius 3 is 2.83 bits per heavy atom. The summed E-state index contributed by atoms with van der Waals surface area (Å²) in [6.45, 7) is 4.89. The minimum absolute atomic E-state index is 0.480. The molecule has 1 saturated heterocycles. The topological polar surface area (TPSA) is 38.9 Å². The van der Waals surface area contributed by atoms with Crippen molar-refractivity contribution in [2.45, 2.75) is 32.4 Å². The van der Waals surface area contributed by atoms with Crippen molar-refractivity contribution in [1.29, 1.82) is 0 Å². The van der Waals surface area contributed by atoms with Crippen LogP contribution >= 0.6 is 23.6 Å².